The van der Waals surface area contributed by atoms with Gasteiger partial charge in [-0.2, -0.15) is 5.10 Å². The lowest BCUT2D eigenvalue weighted by Crippen LogP contribution is -2.07. The summed E-state index contributed by atoms with van der Waals surface area (Å²) >= 11 is 0. The third-order valence-electron chi connectivity index (χ3n) is 2.83. The molecule has 0 aliphatic rings. The van der Waals surface area contributed by atoms with E-state index < -0.39 is 0 Å². The maximum absolute atomic E-state index is 5.56. The summed E-state index contributed by atoms with van der Waals surface area (Å²) in [6.45, 7) is 4.24. The second-order valence-corrected chi connectivity index (χ2v) is 4.46. The number of H-pyrrole nitrogens is 1. The van der Waals surface area contributed by atoms with Gasteiger partial charge in [-0.25, -0.2) is 0 Å². The van der Waals surface area contributed by atoms with Crippen molar-refractivity contribution in [3.05, 3.63) is 30.3 Å². The van der Waals surface area contributed by atoms with Gasteiger partial charge in [-0.15, -0.1) is 0 Å². The molecular weight excluding hydrogens is 254 g/mol. The summed E-state index contributed by atoms with van der Waals surface area (Å²) in [5.74, 6) is 1.72. The number of nitrogens with zero attached hydrogens (tertiary/aromatic N) is 1. The van der Waals surface area contributed by atoms with E-state index in [1.165, 1.54) is 0 Å². The lowest BCUT2D eigenvalue weighted by molar-refractivity contribution is 0.210. The summed E-state index contributed by atoms with van der Waals surface area (Å²) in [5.41, 5.74) is 2.06. The predicted octanol–water partition coefficient (Wildman–Crippen LogP) is 2.92. The van der Waals surface area contributed by atoms with Gasteiger partial charge in [-0.1, -0.05) is 6.92 Å². The lowest BCUT2D eigenvalue weighted by Gasteiger charge is -2.04. The summed E-state index contributed by atoms with van der Waals surface area (Å²) < 4.78 is 10.6. The van der Waals surface area contributed by atoms with Crippen molar-refractivity contribution < 1.29 is 9.47 Å². The van der Waals surface area contributed by atoms with Gasteiger partial charge in [0.15, 0.2) is 0 Å². The number of anilines is 1. The Balaban J connectivity index is 1.97. The first-order valence-corrected chi connectivity index (χ1v) is 6.85. The minimum Gasteiger partial charge on any atom is -0.494 e. The lowest BCUT2D eigenvalue weighted by atomic mass is 10.1. The zero-order valence-corrected chi connectivity index (χ0v) is 12.0. The van der Waals surface area contributed by atoms with Crippen molar-refractivity contribution in [2.45, 2.75) is 13.3 Å². The van der Waals surface area contributed by atoms with Crippen molar-refractivity contribution in [2.24, 2.45) is 0 Å². The summed E-state index contributed by atoms with van der Waals surface area (Å²) in [7, 11) is 1.68. The molecule has 0 amide bonds. The molecule has 0 saturated heterocycles. The highest BCUT2D eigenvalue weighted by molar-refractivity contribution is 5.63. The standard InChI is InChI=1S/C15H21N3O2/c1-3-9-20-13-6-4-12(5-7-13)14-11-15(18-17-14)16-8-10-19-2/h4-7,11H,3,8-10H2,1-2H3,(H2,16,17,18). The van der Waals surface area contributed by atoms with Gasteiger partial charge in [0.25, 0.3) is 0 Å². The molecule has 1 aromatic carbocycles. The molecule has 0 radical (unpaired) electrons. The molecule has 0 fully saturated rings. The van der Waals surface area contributed by atoms with E-state index in [0.717, 1.165) is 42.4 Å². The maximum atomic E-state index is 5.56. The first kappa shape index (κ1) is 14.4. The van der Waals surface area contributed by atoms with Crippen LogP contribution in [0, 0.1) is 0 Å². The number of nitrogens with one attached hydrogen (secondary N) is 2. The van der Waals surface area contributed by atoms with Gasteiger partial charge < -0.3 is 14.8 Å². The molecule has 1 heterocycles. The second-order valence-electron chi connectivity index (χ2n) is 4.46. The van der Waals surface area contributed by atoms with Crippen LogP contribution in [-0.4, -0.2) is 37.1 Å². The number of aromatic nitrogens is 2. The fraction of sp³-hybridized carbons (Fsp3) is 0.400. The molecule has 0 aliphatic heterocycles. The molecule has 0 spiro atoms. The molecule has 0 saturated carbocycles. The van der Waals surface area contributed by atoms with Crippen LogP contribution in [0.1, 0.15) is 13.3 Å². The van der Waals surface area contributed by atoms with E-state index in [0.29, 0.717) is 6.61 Å². The van der Waals surface area contributed by atoms with E-state index in [4.69, 9.17) is 9.47 Å². The first-order chi connectivity index (χ1) is 9.83. The molecule has 20 heavy (non-hydrogen) atoms. The quantitative estimate of drug-likeness (QED) is 0.727. The molecule has 108 valence electrons. The highest BCUT2D eigenvalue weighted by Gasteiger charge is 2.03. The Morgan fingerprint density at radius 1 is 1.20 bits per heavy atom. The van der Waals surface area contributed by atoms with Crippen LogP contribution in [0.5, 0.6) is 5.75 Å². The molecule has 5 heteroatoms. The van der Waals surface area contributed by atoms with Crippen molar-refractivity contribution in [2.75, 3.05) is 32.2 Å². The molecule has 0 aliphatic carbocycles. The molecular formula is C15H21N3O2. The molecule has 2 aromatic rings. The normalized spacial score (nSPS) is 10.5. The van der Waals surface area contributed by atoms with Crippen molar-refractivity contribution >= 4 is 5.82 Å². The third-order valence-corrected chi connectivity index (χ3v) is 2.83. The van der Waals surface area contributed by atoms with Crippen LogP contribution in [0.4, 0.5) is 5.82 Å². The Bertz CT molecular complexity index is 508. The van der Waals surface area contributed by atoms with Crippen LogP contribution < -0.4 is 10.1 Å². The predicted molar refractivity (Wildman–Crippen MR) is 80.2 cm³/mol. The minimum atomic E-state index is 0.658. The molecule has 0 bridgehead atoms. The van der Waals surface area contributed by atoms with Crippen LogP contribution in [-0.2, 0) is 4.74 Å². The topological polar surface area (TPSA) is 59.2 Å². The summed E-state index contributed by atoms with van der Waals surface area (Å²) in [4.78, 5) is 0. The SMILES string of the molecule is CCCOc1ccc(-c2cc(NCCOC)n[nH]2)cc1. The molecule has 0 unspecified atom stereocenters. The Hall–Kier alpha value is -2.01. The van der Waals surface area contributed by atoms with Crippen LogP contribution in [0.15, 0.2) is 30.3 Å². The zero-order valence-electron chi connectivity index (χ0n) is 12.0. The highest BCUT2D eigenvalue weighted by Crippen LogP contribution is 2.22. The van der Waals surface area contributed by atoms with Crippen LogP contribution >= 0.6 is 0 Å². The van der Waals surface area contributed by atoms with Crippen LogP contribution in [0.2, 0.25) is 0 Å². The summed E-state index contributed by atoms with van der Waals surface area (Å²) in [5, 5.41) is 10.4. The Labute approximate surface area is 119 Å². The van der Waals surface area contributed by atoms with E-state index in [1.807, 2.05) is 30.3 Å². The van der Waals surface area contributed by atoms with Gasteiger partial charge in [0.2, 0.25) is 0 Å². The Morgan fingerprint density at radius 3 is 2.70 bits per heavy atom. The van der Waals surface area contributed by atoms with Gasteiger partial charge in [0, 0.05) is 19.7 Å². The summed E-state index contributed by atoms with van der Waals surface area (Å²) in [6, 6.07) is 9.99. The van der Waals surface area contributed by atoms with Crippen molar-refractivity contribution in [3.8, 4) is 17.0 Å². The zero-order chi connectivity index (χ0) is 14.2. The average Bonchev–Trinajstić information content (AvgIpc) is 2.95. The van der Waals surface area contributed by atoms with E-state index in [2.05, 4.69) is 22.4 Å². The van der Waals surface area contributed by atoms with Crippen molar-refractivity contribution in [3.63, 3.8) is 0 Å². The fourth-order valence-electron chi connectivity index (χ4n) is 1.79. The highest BCUT2D eigenvalue weighted by atomic mass is 16.5. The number of methoxy groups -OCH3 is 1. The van der Waals surface area contributed by atoms with Gasteiger partial charge in [0.1, 0.15) is 11.6 Å². The number of ether oxygens (including phenoxy) is 2. The summed E-state index contributed by atoms with van der Waals surface area (Å²) in [6.07, 6.45) is 1.01. The molecule has 2 N–H and O–H groups in total. The Morgan fingerprint density at radius 2 is 2.00 bits per heavy atom. The molecule has 0 atom stereocenters. The Kier molecular flexibility index (Phi) is 5.43. The van der Waals surface area contributed by atoms with Crippen LogP contribution in [0.3, 0.4) is 0 Å². The number of benzene rings is 1. The van der Waals surface area contributed by atoms with Gasteiger partial charge in [-0.3, -0.25) is 5.10 Å². The first-order valence-electron chi connectivity index (χ1n) is 6.85. The monoisotopic (exact) mass is 275 g/mol. The smallest absolute Gasteiger partial charge is 0.148 e. The number of hydrogen-bond acceptors (Lipinski definition) is 4. The number of rotatable bonds is 8. The molecule has 2 rings (SSSR count). The van der Waals surface area contributed by atoms with Gasteiger partial charge in [0.05, 0.1) is 18.9 Å². The minimum absolute atomic E-state index is 0.658. The average molecular weight is 275 g/mol. The van der Waals surface area contributed by atoms with Gasteiger partial charge >= 0.3 is 0 Å². The van der Waals surface area contributed by atoms with Gasteiger partial charge in [-0.05, 0) is 36.2 Å². The van der Waals surface area contributed by atoms with E-state index in [-0.39, 0.29) is 0 Å². The van der Waals surface area contributed by atoms with E-state index >= 15 is 0 Å². The second kappa shape index (κ2) is 7.55. The van der Waals surface area contributed by atoms with E-state index in [1.54, 1.807) is 7.11 Å². The number of hydrogen-bond donors (Lipinski definition) is 2. The van der Waals surface area contributed by atoms with E-state index in [9.17, 15) is 0 Å². The largest absolute Gasteiger partial charge is 0.494 e. The molecule has 5 nitrogen and oxygen atoms in total. The van der Waals surface area contributed by atoms with Crippen molar-refractivity contribution in [1.82, 2.24) is 10.2 Å². The van der Waals surface area contributed by atoms with Crippen molar-refractivity contribution in [1.29, 1.82) is 0 Å². The maximum Gasteiger partial charge on any atom is 0.148 e. The van der Waals surface area contributed by atoms with Crippen LogP contribution in [0.25, 0.3) is 11.3 Å². The molecule has 1 aromatic heterocycles. The third kappa shape index (κ3) is 3.99. The number of aromatic amines is 1. The fourth-order valence-corrected chi connectivity index (χ4v) is 1.79.